The fraction of sp³-hybridized carbons (Fsp3) is 0.611. The van der Waals surface area contributed by atoms with Gasteiger partial charge in [-0.2, -0.15) is 0 Å². The number of hydrogen-bond donors (Lipinski definition) is 0. The molecule has 0 bridgehead atoms. The number of carbonyl (C=O) groups is 1. The summed E-state index contributed by atoms with van der Waals surface area (Å²) in [6.45, 7) is 5.96. The maximum atomic E-state index is 13.0. The van der Waals surface area contributed by atoms with E-state index >= 15 is 0 Å². The zero-order valence-electron chi connectivity index (χ0n) is 15.1. The number of hydrogen-bond acceptors (Lipinski definition) is 6. The molecule has 1 aliphatic rings. The number of aromatic nitrogens is 2. The summed E-state index contributed by atoms with van der Waals surface area (Å²) in [5.41, 5.74) is 0.997. The summed E-state index contributed by atoms with van der Waals surface area (Å²) in [6, 6.07) is 0. The van der Waals surface area contributed by atoms with Gasteiger partial charge >= 0.3 is 5.97 Å². The summed E-state index contributed by atoms with van der Waals surface area (Å²) < 4.78 is 11.7. The van der Waals surface area contributed by atoms with E-state index in [0.29, 0.717) is 23.7 Å². The summed E-state index contributed by atoms with van der Waals surface area (Å²) in [5.74, 6) is 0.732. The van der Waals surface area contributed by atoms with Gasteiger partial charge in [0.25, 0.3) is 5.56 Å². The van der Waals surface area contributed by atoms with Gasteiger partial charge in [-0.15, -0.1) is 11.3 Å². The monoisotopic (exact) mass is 364 g/mol. The Morgan fingerprint density at radius 3 is 2.96 bits per heavy atom. The zero-order valence-corrected chi connectivity index (χ0v) is 15.9. The molecule has 0 saturated carbocycles. The normalized spacial score (nSPS) is 18.2. The van der Waals surface area contributed by atoms with E-state index in [1.54, 1.807) is 32.3 Å². The largest absolute Gasteiger partial charge is 0.459 e. The molecule has 2 unspecified atom stereocenters. The molecule has 1 aliphatic carbocycles. The summed E-state index contributed by atoms with van der Waals surface area (Å²) in [5, 5.41) is 0.690. The van der Waals surface area contributed by atoms with Crippen molar-refractivity contribution in [1.82, 2.24) is 9.55 Å². The third kappa shape index (κ3) is 3.62. The molecule has 25 heavy (non-hydrogen) atoms. The molecule has 0 aromatic carbocycles. The first-order valence-electron chi connectivity index (χ1n) is 8.60. The molecule has 0 spiro atoms. The highest BCUT2D eigenvalue weighted by Crippen LogP contribution is 2.35. The highest BCUT2D eigenvalue weighted by atomic mass is 32.1. The van der Waals surface area contributed by atoms with Crippen LogP contribution in [0.1, 0.15) is 36.5 Å². The van der Waals surface area contributed by atoms with Crippen LogP contribution in [0.4, 0.5) is 0 Å². The van der Waals surface area contributed by atoms with Crippen LogP contribution in [0.25, 0.3) is 10.2 Å². The van der Waals surface area contributed by atoms with Crippen molar-refractivity contribution in [2.75, 3.05) is 13.7 Å². The van der Waals surface area contributed by atoms with Gasteiger partial charge in [-0.3, -0.25) is 14.2 Å². The van der Waals surface area contributed by atoms with Crippen molar-refractivity contribution in [3.8, 4) is 0 Å². The lowest BCUT2D eigenvalue weighted by atomic mass is 9.89. The number of aryl methyl sites for hydroxylation is 2. The predicted molar refractivity (Wildman–Crippen MR) is 97.2 cm³/mol. The number of nitrogens with zero attached hydrogens (tertiary/aromatic N) is 2. The second-order valence-electron chi connectivity index (χ2n) is 6.84. The van der Waals surface area contributed by atoms with Crippen molar-refractivity contribution in [2.24, 2.45) is 5.92 Å². The predicted octanol–water partition coefficient (Wildman–Crippen LogP) is 2.47. The van der Waals surface area contributed by atoms with E-state index in [-0.39, 0.29) is 18.2 Å². The molecular weight excluding hydrogens is 340 g/mol. The molecular formula is C18H24N2O4S. The Labute approximate surface area is 150 Å². The van der Waals surface area contributed by atoms with Gasteiger partial charge in [0, 0.05) is 12.0 Å². The van der Waals surface area contributed by atoms with E-state index in [0.717, 1.165) is 29.7 Å². The van der Waals surface area contributed by atoms with Crippen LogP contribution in [0.15, 0.2) is 4.79 Å². The van der Waals surface area contributed by atoms with Gasteiger partial charge in [-0.25, -0.2) is 4.98 Å². The Kier molecular flexibility index (Phi) is 5.24. The SMILES string of the molecule is COCC(C)OC(=O)Cn1c(C)nc2sc3c(c2c1=O)CCC(C)C3. The standard InChI is InChI=1S/C18H24N2O4S/c1-10-5-6-13-14(7-10)25-17-16(13)18(22)20(12(3)19-17)8-15(21)24-11(2)9-23-4/h10-11H,5-9H2,1-4H3. The van der Waals surface area contributed by atoms with Crippen LogP contribution in [0.3, 0.4) is 0 Å². The Morgan fingerprint density at radius 2 is 2.24 bits per heavy atom. The smallest absolute Gasteiger partial charge is 0.326 e. The van der Waals surface area contributed by atoms with Gasteiger partial charge in [0.2, 0.25) is 0 Å². The average molecular weight is 364 g/mol. The van der Waals surface area contributed by atoms with Crippen molar-refractivity contribution in [3.05, 3.63) is 26.6 Å². The van der Waals surface area contributed by atoms with E-state index in [9.17, 15) is 9.59 Å². The molecule has 0 N–H and O–H groups in total. The first-order valence-corrected chi connectivity index (χ1v) is 9.42. The third-order valence-electron chi connectivity index (χ3n) is 4.63. The first-order chi connectivity index (χ1) is 11.9. The number of rotatable bonds is 5. The van der Waals surface area contributed by atoms with Crippen LogP contribution in [0, 0.1) is 12.8 Å². The summed E-state index contributed by atoms with van der Waals surface area (Å²) in [6.07, 6.45) is 2.65. The number of fused-ring (bicyclic) bond motifs is 3. The minimum absolute atomic E-state index is 0.122. The molecule has 3 rings (SSSR count). The Balaban J connectivity index is 1.94. The molecule has 2 aromatic heterocycles. The van der Waals surface area contributed by atoms with Gasteiger partial charge in [0.05, 0.1) is 12.0 Å². The molecule has 0 aliphatic heterocycles. The molecule has 0 radical (unpaired) electrons. The van der Waals surface area contributed by atoms with Gasteiger partial charge < -0.3 is 9.47 Å². The van der Waals surface area contributed by atoms with Crippen LogP contribution < -0.4 is 5.56 Å². The molecule has 2 atom stereocenters. The van der Waals surface area contributed by atoms with E-state index in [1.165, 1.54) is 9.44 Å². The summed E-state index contributed by atoms with van der Waals surface area (Å²) in [4.78, 5) is 31.8. The number of ether oxygens (including phenoxy) is 2. The van der Waals surface area contributed by atoms with Gasteiger partial charge in [-0.1, -0.05) is 6.92 Å². The van der Waals surface area contributed by atoms with Crippen molar-refractivity contribution in [3.63, 3.8) is 0 Å². The molecule has 0 amide bonds. The summed E-state index contributed by atoms with van der Waals surface area (Å²) in [7, 11) is 1.55. The molecule has 7 heteroatoms. The quantitative estimate of drug-likeness (QED) is 0.762. The Hall–Kier alpha value is -1.73. The maximum absolute atomic E-state index is 13.0. The van der Waals surface area contributed by atoms with E-state index in [2.05, 4.69) is 11.9 Å². The lowest BCUT2D eigenvalue weighted by molar-refractivity contribution is -0.151. The number of thiophene rings is 1. The van der Waals surface area contributed by atoms with Crippen molar-refractivity contribution in [1.29, 1.82) is 0 Å². The molecule has 136 valence electrons. The van der Waals surface area contributed by atoms with Crippen LogP contribution >= 0.6 is 11.3 Å². The summed E-state index contributed by atoms with van der Waals surface area (Å²) >= 11 is 1.62. The molecule has 6 nitrogen and oxygen atoms in total. The number of esters is 1. The number of carbonyl (C=O) groups excluding carboxylic acids is 1. The van der Waals surface area contributed by atoms with Crippen molar-refractivity contribution >= 4 is 27.5 Å². The molecule has 0 saturated heterocycles. The second kappa shape index (κ2) is 7.25. The fourth-order valence-corrected chi connectivity index (χ4v) is 4.79. The van der Waals surface area contributed by atoms with Crippen LogP contribution in [0.2, 0.25) is 0 Å². The maximum Gasteiger partial charge on any atom is 0.326 e. The van der Waals surface area contributed by atoms with Crippen LogP contribution in [0.5, 0.6) is 0 Å². The van der Waals surface area contributed by atoms with Gasteiger partial charge in [0.15, 0.2) is 0 Å². The Morgan fingerprint density at radius 1 is 1.48 bits per heavy atom. The van der Waals surface area contributed by atoms with Crippen molar-refractivity contribution < 1.29 is 14.3 Å². The average Bonchev–Trinajstić information content (AvgIpc) is 2.88. The third-order valence-corrected chi connectivity index (χ3v) is 5.78. The van der Waals surface area contributed by atoms with Gasteiger partial charge in [0.1, 0.15) is 23.3 Å². The van der Waals surface area contributed by atoms with Crippen molar-refractivity contribution in [2.45, 2.75) is 52.7 Å². The fourth-order valence-electron chi connectivity index (χ4n) is 3.37. The van der Waals surface area contributed by atoms with E-state index in [1.807, 2.05) is 0 Å². The van der Waals surface area contributed by atoms with Crippen LogP contribution in [-0.4, -0.2) is 35.3 Å². The number of methoxy groups -OCH3 is 1. The van der Waals surface area contributed by atoms with E-state index in [4.69, 9.17) is 9.47 Å². The lowest BCUT2D eigenvalue weighted by Crippen LogP contribution is -2.30. The topological polar surface area (TPSA) is 70.4 Å². The lowest BCUT2D eigenvalue weighted by Gasteiger charge is -2.17. The zero-order chi connectivity index (χ0) is 18.1. The highest BCUT2D eigenvalue weighted by molar-refractivity contribution is 7.18. The molecule has 2 heterocycles. The Bertz CT molecular complexity index is 855. The minimum atomic E-state index is -0.450. The first kappa shape index (κ1) is 18.1. The van der Waals surface area contributed by atoms with E-state index < -0.39 is 5.97 Å². The van der Waals surface area contributed by atoms with Crippen LogP contribution in [-0.2, 0) is 33.7 Å². The molecule has 0 fully saturated rings. The molecule has 2 aromatic rings. The second-order valence-corrected chi connectivity index (χ2v) is 7.92. The minimum Gasteiger partial charge on any atom is -0.459 e. The van der Waals surface area contributed by atoms with Gasteiger partial charge in [-0.05, 0) is 44.6 Å². The highest BCUT2D eigenvalue weighted by Gasteiger charge is 2.24.